The number of rotatable bonds is 3. The summed E-state index contributed by atoms with van der Waals surface area (Å²) >= 11 is 4.06. The first kappa shape index (κ1) is 11.3. The third kappa shape index (κ3) is 2.66. The van der Waals surface area contributed by atoms with Gasteiger partial charge in [-0.05, 0) is 24.3 Å². The molecule has 0 radical (unpaired) electrons. The van der Waals surface area contributed by atoms with Crippen molar-refractivity contribution in [3.8, 4) is 5.75 Å². The number of ether oxygens (including phenoxy) is 2. The number of hydrogen-bond donors (Lipinski definition) is 1. The number of benzene rings is 1. The summed E-state index contributed by atoms with van der Waals surface area (Å²) in [6.07, 6.45) is 0.281. The van der Waals surface area contributed by atoms with Crippen molar-refractivity contribution in [2.45, 2.75) is 17.8 Å². The predicted octanol–water partition coefficient (Wildman–Crippen LogP) is 1.82. The molecule has 5 heteroatoms. The summed E-state index contributed by atoms with van der Waals surface area (Å²) in [5.74, 6) is -0.0637. The molecule has 0 N–H and O–H groups in total. The Morgan fingerprint density at radius 2 is 2.12 bits per heavy atom. The first-order valence-electron chi connectivity index (χ1n) is 4.92. The summed E-state index contributed by atoms with van der Waals surface area (Å²) < 4.78 is 23.0. The smallest absolute Gasteiger partial charge is 0.319 e. The van der Waals surface area contributed by atoms with Crippen LogP contribution in [0.25, 0.3) is 0 Å². The van der Waals surface area contributed by atoms with Gasteiger partial charge in [0, 0.05) is 6.42 Å². The Labute approximate surface area is 98.0 Å². The van der Waals surface area contributed by atoms with E-state index in [4.69, 9.17) is 9.47 Å². The summed E-state index contributed by atoms with van der Waals surface area (Å²) in [5, 5.41) is -0.359. The number of carbonyl (C=O) groups is 1. The first-order chi connectivity index (χ1) is 7.65. The second-order valence-electron chi connectivity index (χ2n) is 3.58. The average Bonchev–Trinajstić information content (AvgIpc) is 2.58. The van der Waals surface area contributed by atoms with E-state index < -0.39 is 0 Å². The van der Waals surface area contributed by atoms with Crippen LogP contribution in [-0.4, -0.2) is 23.9 Å². The van der Waals surface area contributed by atoms with E-state index in [2.05, 4.69) is 12.6 Å². The van der Waals surface area contributed by atoms with E-state index in [0.29, 0.717) is 12.2 Å². The molecular weight excluding hydrogens is 231 g/mol. The van der Waals surface area contributed by atoms with Crippen molar-refractivity contribution in [3.05, 3.63) is 30.1 Å². The number of thiol groups is 1. The Morgan fingerprint density at radius 3 is 2.69 bits per heavy atom. The lowest BCUT2D eigenvalue weighted by molar-refractivity contribution is -0.141. The topological polar surface area (TPSA) is 35.5 Å². The lowest BCUT2D eigenvalue weighted by atomic mass is 10.2. The molecule has 1 aliphatic rings. The predicted molar refractivity (Wildman–Crippen MR) is 59.2 cm³/mol. The molecule has 3 nitrogen and oxygen atoms in total. The van der Waals surface area contributed by atoms with Crippen molar-refractivity contribution < 1.29 is 18.7 Å². The maximum absolute atomic E-state index is 12.6. The Kier molecular flexibility index (Phi) is 3.33. The molecule has 0 spiro atoms. The zero-order valence-corrected chi connectivity index (χ0v) is 9.32. The van der Waals surface area contributed by atoms with Crippen LogP contribution in [0.15, 0.2) is 24.3 Å². The van der Waals surface area contributed by atoms with Crippen molar-refractivity contribution >= 4 is 18.6 Å². The molecule has 0 unspecified atom stereocenters. The molecule has 2 rings (SSSR count). The third-order valence-electron chi connectivity index (χ3n) is 2.29. The summed E-state index contributed by atoms with van der Waals surface area (Å²) in [7, 11) is 0. The van der Waals surface area contributed by atoms with E-state index in [1.165, 1.54) is 24.3 Å². The van der Waals surface area contributed by atoms with Crippen LogP contribution in [0.1, 0.15) is 6.42 Å². The van der Waals surface area contributed by atoms with Crippen molar-refractivity contribution in [1.29, 1.82) is 0 Å². The van der Waals surface area contributed by atoms with Gasteiger partial charge in [-0.1, -0.05) is 0 Å². The van der Waals surface area contributed by atoms with Crippen molar-refractivity contribution in [3.63, 3.8) is 0 Å². The van der Waals surface area contributed by atoms with Gasteiger partial charge in [0.1, 0.15) is 29.5 Å². The van der Waals surface area contributed by atoms with Gasteiger partial charge in [-0.3, -0.25) is 4.79 Å². The zero-order chi connectivity index (χ0) is 11.5. The van der Waals surface area contributed by atoms with Crippen LogP contribution in [0.2, 0.25) is 0 Å². The van der Waals surface area contributed by atoms with Gasteiger partial charge in [0.05, 0.1) is 0 Å². The highest BCUT2D eigenvalue weighted by Crippen LogP contribution is 2.20. The molecule has 0 aliphatic carbocycles. The largest absolute Gasteiger partial charge is 0.490 e. The third-order valence-corrected chi connectivity index (χ3v) is 2.71. The highest BCUT2D eigenvalue weighted by molar-refractivity contribution is 7.81. The molecule has 0 bridgehead atoms. The molecule has 1 aromatic carbocycles. The van der Waals surface area contributed by atoms with E-state index in [0.717, 1.165) is 0 Å². The van der Waals surface area contributed by atoms with Crippen LogP contribution < -0.4 is 4.74 Å². The van der Waals surface area contributed by atoms with Gasteiger partial charge < -0.3 is 9.47 Å². The second-order valence-corrected chi connectivity index (χ2v) is 4.20. The quantitative estimate of drug-likeness (QED) is 0.648. The summed E-state index contributed by atoms with van der Waals surface area (Å²) in [6, 6.07) is 5.70. The minimum absolute atomic E-state index is 0.264. The molecule has 16 heavy (non-hydrogen) atoms. The maximum atomic E-state index is 12.6. The Morgan fingerprint density at radius 1 is 1.44 bits per heavy atom. The molecule has 2 atom stereocenters. The van der Waals surface area contributed by atoms with Gasteiger partial charge >= 0.3 is 5.97 Å². The molecule has 1 aromatic rings. The normalized spacial score (nSPS) is 24.2. The van der Waals surface area contributed by atoms with Crippen LogP contribution in [0.5, 0.6) is 5.75 Å². The SMILES string of the molecule is O=C1O[C@@H](COc2ccc(F)cc2)C[C@H]1S. The highest BCUT2D eigenvalue weighted by Gasteiger charge is 2.32. The monoisotopic (exact) mass is 242 g/mol. The molecule has 1 fully saturated rings. The summed E-state index contributed by atoms with van der Waals surface area (Å²) in [6.45, 7) is 0.272. The zero-order valence-electron chi connectivity index (χ0n) is 8.43. The maximum Gasteiger partial charge on any atom is 0.319 e. The second kappa shape index (κ2) is 4.74. The van der Waals surface area contributed by atoms with Gasteiger partial charge in [0.2, 0.25) is 0 Å². The first-order valence-corrected chi connectivity index (χ1v) is 5.44. The molecule has 1 heterocycles. The summed E-state index contributed by atoms with van der Waals surface area (Å²) in [4.78, 5) is 11.0. The minimum atomic E-state index is -0.359. The highest BCUT2D eigenvalue weighted by atomic mass is 32.1. The van der Waals surface area contributed by atoms with Crippen molar-refractivity contribution in [1.82, 2.24) is 0 Å². The fourth-order valence-electron chi connectivity index (χ4n) is 1.46. The molecule has 1 aliphatic heterocycles. The van der Waals surface area contributed by atoms with E-state index in [9.17, 15) is 9.18 Å². The average molecular weight is 242 g/mol. The molecule has 0 saturated carbocycles. The van der Waals surface area contributed by atoms with E-state index in [1.54, 1.807) is 0 Å². The van der Waals surface area contributed by atoms with Crippen LogP contribution in [-0.2, 0) is 9.53 Å². The van der Waals surface area contributed by atoms with Gasteiger partial charge in [-0.15, -0.1) is 0 Å². The van der Waals surface area contributed by atoms with E-state index in [-0.39, 0.29) is 29.7 Å². The van der Waals surface area contributed by atoms with Crippen LogP contribution in [0.3, 0.4) is 0 Å². The van der Waals surface area contributed by atoms with Crippen molar-refractivity contribution in [2.24, 2.45) is 0 Å². The lowest BCUT2D eigenvalue weighted by Gasteiger charge is -2.10. The number of esters is 1. The van der Waals surface area contributed by atoms with E-state index >= 15 is 0 Å². The van der Waals surface area contributed by atoms with Gasteiger partial charge in [-0.25, -0.2) is 4.39 Å². The fraction of sp³-hybridized carbons (Fsp3) is 0.364. The number of cyclic esters (lactones) is 1. The summed E-state index contributed by atoms with van der Waals surface area (Å²) in [5.41, 5.74) is 0. The number of halogens is 1. The standard InChI is InChI=1S/C11H11FO3S/c12-7-1-3-8(4-2-7)14-6-9-5-10(16)11(13)15-9/h1-4,9-10,16H,5-6H2/t9-,10-/m1/s1. The molecule has 86 valence electrons. The molecule has 0 aromatic heterocycles. The van der Waals surface area contributed by atoms with Crippen molar-refractivity contribution in [2.75, 3.05) is 6.61 Å². The van der Waals surface area contributed by atoms with Gasteiger partial charge in [0.15, 0.2) is 0 Å². The molecule has 0 amide bonds. The fourth-order valence-corrected chi connectivity index (χ4v) is 1.75. The minimum Gasteiger partial charge on any atom is -0.490 e. The van der Waals surface area contributed by atoms with Gasteiger partial charge in [0.25, 0.3) is 0 Å². The van der Waals surface area contributed by atoms with Crippen LogP contribution in [0, 0.1) is 5.82 Å². The molecular formula is C11H11FO3S. The number of hydrogen-bond acceptors (Lipinski definition) is 4. The van der Waals surface area contributed by atoms with Crippen LogP contribution in [0.4, 0.5) is 4.39 Å². The van der Waals surface area contributed by atoms with Crippen LogP contribution >= 0.6 is 12.6 Å². The lowest BCUT2D eigenvalue weighted by Crippen LogP contribution is -2.17. The number of carbonyl (C=O) groups excluding carboxylic acids is 1. The van der Waals surface area contributed by atoms with Gasteiger partial charge in [-0.2, -0.15) is 12.6 Å². The Balaban J connectivity index is 1.84. The van der Waals surface area contributed by atoms with E-state index in [1.807, 2.05) is 0 Å². The molecule has 1 saturated heterocycles. The Hall–Kier alpha value is -1.23. The Bertz CT molecular complexity index is 379.